The van der Waals surface area contributed by atoms with Crippen LogP contribution >= 0.6 is 0 Å². The first-order valence-electron chi connectivity index (χ1n) is 4.14. The molecule has 5 heteroatoms. The molecule has 0 aromatic heterocycles. The van der Waals surface area contributed by atoms with Crippen LogP contribution in [0.2, 0.25) is 0 Å². The summed E-state index contributed by atoms with van der Waals surface area (Å²) in [5, 5.41) is 17.7. The van der Waals surface area contributed by atoms with Crippen molar-refractivity contribution in [1.29, 1.82) is 0 Å². The second-order valence-corrected chi connectivity index (χ2v) is 3.09. The number of esters is 1. The maximum atomic E-state index is 11.1. The second kappa shape index (κ2) is 4.76. The molecule has 80 valence electrons. The van der Waals surface area contributed by atoms with Crippen molar-refractivity contribution in [2.24, 2.45) is 0 Å². The van der Waals surface area contributed by atoms with Gasteiger partial charge in [-0.15, -0.1) is 0 Å². The van der Waals surface area contributed by atoms with Crippen LogP contribution in [0.4, 0.5) is 0 Å². The fraction of sp³-hybridized carbons (Fsp3) is 0.556. The molecular weight excluding hydrogens is 188 g/mol. The lowest BCUT2D eigenvalue weighted by Gasteiger charge is -2.21. The van der Waals surface area contributed by atoms with Crippen molar-refractivity contribution in [2.75, 3.05) is 0 Å². The molecule has 0 rings (SSSR count). The van der Waals surface area contributed by atoms with Gasteiger partial charge < -0.3 is 14.9 Å². The number of carboxylic acid groups (broad SMARTS) is 1. The smallest absolute Gasteiger partial charge is 0.336 e. The molecular formula is C9H14O5. The van der Waals surface area contributed by atoms with Crippen molar-refractivity contribution in [3.63, 3.8) is 0 Å². The molecule has 0 amide bonds. The summed E-state index contributed by atoms with van der Waals surface area (Å²) in [4.78, 5) is 21.3. The molecule has 0 aliphatic rings. The summed E-state index contributed by atoms with van der Waals surface area (Å²) in [6.45, 7) is 6.20. The van der Waals surface area contributed by atoms with E-state index in [-0.39, 0.29) is 12.0 Å². The van der Waals surface area contributed by atoms with Crippen LogP contribution in [0.3, 0.4) is 0 Å². The Morgan fingerprint density at radius 3 is 2.36 bits per heavy atom. The zero-order chi connectivity index (χ0) is 11.4. The van der Waals surface area contributed by atoms with E-state index in [0.29, 0.717) is 0 Å². The summed E-state index contributed by atoms with van der Waals surface area (Å²) in [5.41, 5.74) is -0.189. The van der Waals surface area contributed by atoms with Gasteiger partial charge >= 0.3 is 11.9 Å². The molecule has 0 aliphatic carbocycles. The van der Waals surface area contributed by atoms with Crippen LogP contribution in [-0.2, 0) is 14.3 Å². The highest BCUT2D eigenvalue weighted by atomic mass is 16.7. The van der Waals surface area contributed by atoms with Gasteiger partial charge in [-0.3, -0.25) is 4.79 Å². The van der Waals surface area contributed by atoms with Gasteiger partial charge in [0.25, 0.3) is 0 Å². The summed E-state index contributed by atoms with van der Waals surface area (Å²) in [5.74, 6) is -3.62. The molecule has 5 nitrogen and oxygen atoms in total. The molecule has 1 unspecified atom stereocenters. The topological polar surface area (TPSA) is 83.8 Å². The van der Waals surface area contributed by atoms with Crippen LogP contribution in [0.5, 0.6) is 0 Å². The lowest BCUT2D eigenvalue weighted by atomic mass is 10.2. The summed E-state index contributed by atoms with van der Waals surface area (Å²) in [6.07, 6.45) is -0.266. The SMILES string of the molecule is C=C(CC(=O)O)C(=O)OC(C)(O)CC. The number of rotatable bonds is 5. The minimum atomic E-state index is -1.57. The Balaban J connectivity index is 4.22. The number of aliphatic carboxylic acids is 1. The van der Waals surface area contributed by atoms with E-state index >= 15 is 0 Å². The highest BCUT2D eigenvalue weighted by Gasteiger charge is 2.24. The molecule has 0 saturated carbocycles. The van der Waals surface area contributed by atoms with Crippen LogP contribution in [0.15, 0.2) is 12.2 Å². The first kappa shape index (κ1) is 12.6. The number of carbonyl (C=O) groups is 2. The van der Waals surface area contributed by atoms with Crippen LogP contribution in [0, 0.1) is 0 Å². The number of carboxylic acids is 1. The van der Waals surface area contributed by atoms with E-state index in [9.17, 15) is 14.7 Å². The van der Waals surface area contributed by atoms with Crippen molar-refractivity contribution < 1.29 is 24.5 Å². The number of hydrogen-bond acceptors (Lipinski definition) is 4. The fourth-order valence-electron chi connectivity index (χ4n) is 0.599. The molecule has 0 aromatic rings. The number of hydrogen-bond donors (Lipinski definition) is 2. The minimum absolute atomic E-state index is 0.189. The third-order valence-electron chi connectivity index (χ3n) is 1.62. The highest BCUT2D eigenvalue weighted by molar-refractivity contribution is 5.92. The Labute approximate surface area is 82.0 Å². The summed E-state index contributed by atoms with van der Waals surface area (Å²) in [7, 11) is 0. The maximum absolute atomic E-state index is 11.1. The van der Waals surface area contributed by atoms with E-state index in [4.69, 9.17) is 5.11 Å². The van der Waals surface area contributed by atoms with Crippen molar-refractivity contribution >= 4 is 11.9 Å². The highest BCUT2D eigenvalue weighted by Crippen LogP contribution is 2.13. The molecule has 0 aromatic carbocycles. The molecule has 0 bridgehead atoms. The van der Waals surface area contributed by atoms with Crippen LogP contribution in [0.25, 0.3) is 0 Å². The monoisotopic (exact) mass is 202 g/mol. The normalized spacial score (nSPS) is 14.2. The summed E-state index contributed by atoms with van der Waals surface area (Å²) < 4.78 is 4.60. The lowest BCUT2D eigenvalue weighted by molar-refractivity contribution is -0.198. The Hall–Kier alpha value is -1.36. The average molecular weight is 202 g/mol. The summed E-state index contributed by atoms with van der Waals surface area (Å²) >= 11 is 0. The van der Waals surface area contributed by atoms with Crippen molar-refractivity contribution in [3.8, 4) is 0 Å². The van der Waals surface area contributed by atoms with Crippen molar-refractivity contribution in [2.45, 2.75) is 32.5 Å². The van der Waals surface area contributed by atoms with Crippen LogP contribution in [0.1, 0.15) is 26.7 Å². The van der Waals surface area contributed by atoms with Gasteiger partial charge in [0, 0.05) is 18.9 Å². The Kier molecular flexibility index (Phi) is 4.30. The van der Waals surface area contributed by atoms with Gasteiger partial charge in [-0.2, -0.15) is 0 Å². The quantitative estimate of drug-likeness (QED) is 0.389. The molecule has 0 fully saturated rings. The maximum Gasteiger partial charge on any atom is 0.336 e. The third-order valence-corrected chi connectivity index (χ3v) is 1.62. The minimum Gasteiger partial charge on any atom is -0.481 e. The first-order chi connectivity index (χ1) is 6.28. The number of aliphatic hydroxyl groups is 1. The van der Waals surface area contributed by atoms with Gasteiger partial charge in [0.15, 0.2) is 0 Å². The zero-order valence-electron chi connectivity index (χ0n) is 8.24. The fourth-order valence-corrected chi connectivity index (χ4v) is 0.599. The van der Waals surface area contributed by atoms with Crippen LogP contribution in [-0.4, -0.2) is 27.9 Å². The van der Waals surface area contributed by atoms with E-state index in [0.717, 1.165) is 0 Å². The van der Waals surface area contributed by atoms with Gasteiger partial charge in [0.1, 0.15) is 0 Å². The zero-order valence-corrected chi connectivity index (χ0v) is 8.24. The molecule has 0 radical (unpaired) electrons. The van der Waals surface area contributed by atoms with Gasteiger partial charge in [-0.25, -0.2) is 4.79 Å². The van der Waals surface area contributed by atoms with E-state index in [2.05, 4.69) is 11.3 Å². The Morgan fingerprint density at radius 1 is 1.50 bits per heavy atom. The second-order valence-electron chi connectivity index (χ2n) is 3.09. The average Bonchev–Trinajstić information content (AvgIpc) is 2.02. The number of ether oxygens (including phenoxy) is 1. The van der Waals surface area contributed by atoms with Crippen molar-refractivity contribution in [1.82, 2.24) is 0 Å². The van der Waals surface area contributed by atoms with Gasteiger partial charge in [-0.1, -0.05) is 13.5 Å². The van der Waals surface area contributed by atoms with E-state index in [1.54, 1.807) is 6.92 Å². The molecule has 2 N–H and O–H groups in total. The molecule has 0 heterocycles. The van der Waals surface area contributed by atoms with Gasteiger partial charge in [0.2, 0.25) is 5.79 Å². The van der Waals surface area contributed by atoms with Gasteiger partial charge in [-0.05, 0) is 0 Å². The standard InChI is InChI=1S/C9H14O5/c1-4-9(3,13)14-8(12)6(2)5-7(10)11/h13H,2,4-5H2,1,3H3,(H,10,11). The van der Waals surface area contributed by atoms with Gasteiger partial charge in [0.05, 0.1) is 6.42 Å². The van der Waals surface area contributed by atoms with E-state index in [1.165, 1.54) is 6.92 Å². The predicted molar refractivity (Wildman–Crippen MR) is 48.4 cm³/mol. The van der Waals surface area contributed by atoms with E-state index in [1.807, 2.05) is 0 Å². The van der Waals surface area contributed by atoms with E-state index < -0.39 is 24.1 Å². The molecule has 0 saturated heterocycles. The predicted octanol–water partition coefficient (Wildman–Crippen LogP) is 0.679. The number of carbonyl (C=O) groups excluding carboxylic acids is 1. The molecule has 0 aliphatic heterocycles. The largest absolute Gasteiger partial charge is 0.481 e. The molecule has 0 spiro atoms. The summed E-state index contributed by atoms with van der Waals surface area (Å²) in [6, 6.07) is 0. The van der Waals surface area contributed by atoms with Crippen molar-refractivity contribution in [3.05, 3.63) is 12.2 Å². The third kappa shape index (κ3) is 4.61. The Morgan fingerprint density at radius 2 is 2.00 bits per heavy atom. The molecule has 14 heavy (non-hydrogen) atoms. The lowest BCUT2D eigenvalue weighted by Crippen LogP contribution is -2.31. The Bertz CT molecular complexity index is 254. The molecule has 1 atom stereocenters. The van der Waals surface area contributed by atoms with Crippen LogP contribution < -0.4 is 0 Å². The first-order valence-corrected chi connectivity index (χ1v) is 4.14.